The van der Waals surface area contributed by atoms with Crippen LogP contribution in [0.15, 0.2) is 24.4 Å². The van der Waals surface area contributed by atoms with E-state index in [1.165, 1.54) is 6.42 Å². The van der Waals surface area contributed by atoms with Crippen molar-refractivity contribution < 1.29 is 4.79 Å². The lowest BCUT2D eigenvalue weighted by atomic mass is 10.1. The van der Waals surface area contributed by atoms with Gasteiger partial charge in [-0.25, -0.2) is 4.79 Å². The summed E-state index contributed by atoms with van der Waals surface area (Å²) < 4.78 is 0. The lowest BCUT2D eigenvalue weighted by molar-refractivity contribution is 0.108. The fourth-order valence-electron chi connectivity index (χ4n) is 3.85. The first kappa shape index (κ1) is 18.1. The molecule has 3 heterocycles. The van der Waals surface area contributed by atoms with Crippen molar-refractivity contribution in [1.29, 1.82) is 0 Å². The van der Waals surface area contributed by atoms with Gasteiger partial charge >= 0.3 is 6.03 Å². The van der Waals surface area contributed by atoms with Gasteiger partial charge in [-0.15, -0.1) is 0 Å². The molecule has 0 aromatic carbocycles. The molecule has 2 fully saturated rings. The summed E-state index contributed by atoms with van der Waals surface area (Å²) in [5, 5.41) is 3.24. The first-order valence-corrected chi connectivity index (χ1v) is 9.60. The first-order chi connectivity index (χ1) is 12.2. The molecule has 25 heavy (non-hydrogen) atoms. The number of pyridine rings is 1. The molecule has 6 heteroatoms. The first-order valence-electron chi connectivity index (χ1n) is 9.60. The van der Waals surface area contributed by atoms with Crippen LogP contribution in [0.25, 0.3) is 0 Å². The Morgan fingerprint density at radius 3 is 2.76 bits per heavy atom. The Labute approximate surface area is 151 Å². The largest absolute Gasteiger partial charge is 0.334 e. The second kappa shape index (κ2) is 8.63. The lowest BCUT2D eigenvalue weighted by Crippen LogP contribution is -2.56. The Bertz CT molecular complexity index is 544. The summed E-state index contributed by atoms with van der Waals surface area (Å²) in [4.78, 5) is 23.8. The molecule has 2 saturated heterocycles. The average molecular weight is 345 g/mol. The fourth-order valence-corrected chi connectivity index (χ4v) is 3.85. The zero-order valence-corrected chi connectivity index (χ0v) is 15.5. The Balaban J connectivity index is 1.46. The van der Waals surface area contributed by atoms with Crippen LogP contribution in [-0.2, 0) is 0 Å². The molecule has 138 valence electrons. The molecular weight excluding hydrogens is 314 g/mol. The molecule has 2 atom stereocenters. The minimum atomic E-state index is 0.105. The van der Waals surface area contributed by atoms with E-state index in [1.54, 1.807) is 0 Å². The van der Waals surface area contributed by atoms with Gasteiger partial charge in [-0.05, 0) is 45.0 Å². The molecule has 1 aromatic rings. The van der Waals surface area contributed by atoms with Gasteiger partial charge < -0.3 is 15.1 Å². The number of piperidine rings is 1. The highest BCUT2D eigenvalue weighted by molar-refractivity contribution is 5.74. The van der Waals surface area contributed by atoms with Crippen LogP contribution in [-0.4, -0.2) is 77.6 Å². The summed E-state index contributed by atoms with van der Waals surface area (Å²) in [5.74, 6) is 0. The molecule has 2 amide bonds. The van der Waals surface area contributed by atoms with E-state index in [4.69, 9.17) is 0 Å². The third-order valence-corrected chi connectivity index (χ3v) is 5.55. The third-order valence-electron chi connectivity index (χ3n) is 5.55. The van der Waals surface area contributed by atoms with E-state index < -0.39 is 0 Å². The van der Waals surface area contributed by atoms with Gasteiger partial charge in [-0.3, -0.25) is 9.88 Å². The molecule has 2 aliphatic rings. The Morgan fingerprint density at radius 2 is 2.08 bits per heavy atom. The van der Waals surface area contributed by atoms with Crippen LogP contribution in [0.5, 0.6) is 0 Å². The van der Waals surface area contributed by atoms with Gasteiger partial charge in [0.05, 0.1) is 5.69 Å². The smallest absolute Gasteiger partial charge is 0.317 e. The number of likely N-dealkylation sites (tertiary alicyclic amines) is 1. The van der Waals surface area contributed by atoms with Gasteiger partial charge in [0.15, 0.2) is 0 Å². The Kier molecular flexibility index (Phi) is 6.26. The van der Waals surface area contributed by atoms with Crippen LogP contribution >= 0.6 is 0 Å². The van der Waals surface area contributed by atoms with Crippen molar-refractivity contribution in [3.05, 3.63) is 30.1 Å². The second-order valence-corrected chi connectivity index (χ2v) is 7.14. The predicted molar refractivity (Wildman–Crippen MR) is 99.5 cm³/mol. The van der Waals surface area contributed by atoms with Crippen molar-refractivity contribution in [1.82, 2.24) is 25.0 Å². The number of piperazine rings is 1. The molecule has 0 radical (unpaired) electrons. The number of carbonyl (C=O) groups is 1. The highest BCUT2D eigenvalue weighted by Gasteiger charge is 2.27. The van der Waals surface area contributed by atoms with E-state index in [0.29, 0.717) is 12.1 Å². The number of urea groups is 1. The van der Waals surface area contributed by atoms with E-state index in [9.17, 15) is 4.79 Å². The third kappa shape index (κ3) is 4.70. The van der Waals surface area contributed by atoms with Crippen LogP contribution in [0.3, 0.4) is 0 Å². The summed E-state index contributed by atoms with van der Waals surface area (Å²) in [7, 11) is 0. The Hall–Kier alpha value is -1.66. The van der Waals surface area contributed by atoms with E-state index in [2.05, 4.69) is 40.0 Å². The van der Waals surface area contributed by atoms with Crippen LogP contribution in [0.1, 0.15) is 38.4 Å². The molecule has 0 unspecified atom stereocenters. The summed E-state index contributed by atoms with van der Waals surface area (Å²) in [5.41, 5.74) is 1.10. The van der Waals surface area contributed by atoms with Crippen molar-refractivity contribution in [2.45, 2.75) is 38.8 Å². The number of nitrogens with one attached hydrogen (secondary N) is 1. The van der Waals surface area contributed by atoms with Crippen molar-refractivity contribution in [3.8, 4) is 0 Å². The minimum Gasteiger partial charge on any atom is -0.334 e. The number of aromatic nitrogens is 1. The maximum absolute atomic E-state index is 12.6. The van der Waals surface area contributed by atoms with Gasteiger partial charge in [-0.2, -0.15) is 0 Å². The number of nitrogens with zero attached hydrogens (tertiary/aromatic N) is 4. The molecule has 0 saturated carbocycles. The topological polar surface area (TPSA) is 51.7 Å². The zero-order valence-electron chi connectivity index (χ0n) is 15.5. The summed E-state index contributed by atoms with van der Waals surface area (Å²) >= 11 is 0. The second-order valence-electron chi connectivity index (χ2n) is 7.14. The number of likely N-dealkylation sites (N-methyl/N-ethyl adjacent to an activating group) is 1. The van der Waals surface area contributed by atoms with Crippen molar-refractivity contribution >= 4 is 6.03 Å². The van der Waals surface area contributed by atoms with E-state index in [0.717, 1.165) is 57.9 Å². The molecule has 3 rings (SSSR count). The predicted octanol–water partition coefficient (Wildman–Crippen LogP) is 1.95. The zero-order chi connectivity index (χ0) is 17.6. The number of amides is 2. The molecule has 0 bridgehead atoms. The number of hydrogen-bond acceptors (Lipinski definition) is 4. The fraction of sp³-hybridized carbons (Fsp3) is 0.684. The SMILES string of the molecule is CCN1CCC[C@H](NC(=O)N2CCN([C@H](C)c3ccccn3)CC2)C1. The summed E-state index contributed by atoms with van der Waals surface area (Å²) in [6, 6.07) is 6.75. The molecule has 2 aliphatic heterocycles. The molecule has 1 N–H and O–H groups in total. The lowest BCUT2D eigenvalue weighted by Gasteiger charge is -2.39. The van der Waals surface area contributed by atoms with Gasteiger partial charge in [-0.1, -0.05) is 13.0 Å². The highest BCUT2D eigenvalue weighted by atomic mass is 16.2. The van der Waals surface area contributed by atoms with Crippen molar-refractivity contribution in [3.63, 3.8) is 0 Å². The van der Waals surface area contributed by atoms with Gasteiger partial charge in [0.1, 0.15) is 0 Å². The number of rotatable bonds is 4. The quantitative estimate of drug-likeness (QED) is 0.906. The molecular formula is C19H31N5O. The van der Waals surface area contributed by atoms with Crippen molar-refractivity contribution in [2.75, 3.05) is 45.8 Å². The highest BCUT2D eigenvalue weighted by Crippen LogP contribution is 2.19. The van der Waals surface area contributed by atoms with Crippen LogP contribution in [0, 0.1) is 0 Å². The van der Waals surface area contributed by atoms with E-state index >= 15 is 0 Å². The van der Waals surface area contributed by atoms with Gasteiger partial charge in [0.25, 0.3) is 0 Å². The minimum absolute atomic E-state index is 0.105. The Morgan fingerprint density at radius 1 is 1.28 bits per heavy atom. The van der Waals surface area contributed by atoms with Crippen LogP contribution in [0.2, 0.25) is 0 Å². The van der Waals surface area contributed by atoms with E-state index in [1.807, 2.05) is 23.2 Å². The standard InChI is InChI=1S/C19H31N5O/c1-3-22-10-6-7-17(15-22)21-19(25)24-13-11-23(12-14-24)16(2)18-8-4-5-9-20-18/h4-5,8-9,16-17H,3,6-7,10-15H2,1-2H3,(H,21,25)/t16-,17+/m1/s1. The van der Waals surface area contributed by atoms with Gasteiger partial charge in [0.2, 0.25) is 0 Å². The molecule has 0 aliphatic carbocycles. The van der Waals surface area contributed by atoms with Gasteiger partial charge in [0, 0.05) is 51.0 Å². The van der Waals surface area contributed by atoms with E-state index in [-0.39, 0.29) is 6.03 Å². The van der Waals surface area contributed by atoms with Crippen molar-refractivity contribution in [2.24, 2.45) is 0 Å². The average Bonchev–Trinajstić information content (AvgIpc) is 2.68. The number of hydrogen-bond donors (Lipinski definition) is 1. The molecule has 6 nitrogen and oxygen atoms in total. The van der Waals surface area contributed by atoms with Crippen LogP contribution < -0.4 is 5.32 Å². The monoisotopic (exact) mass is 345 g/mol. The molecule has 0 spiro atoms. The number of carbonyl (C=O) groups excluding carboxylic acids is 1. The maximum atomic E-state index is 12.6. The van der Waals surface area contributed by atoms with Crippen LogP contribution in [0.4, 0.5) is 4.79 Å². The maximum Gasteiger partial charge on any atom is 0.317 e. The normalized spacial score (nSPS) is 24.1. The molecule has 1 aromatic heterocycles. The summed E-state index contributed by atoms with van der Waals surface area (Å²) in [6.07, 6.45) is 4.12. The summed E-state index contributed by atoms with van der Waals surface area (Å²) in [6.45, 7) is 11.0.